The maximum atomic E-state index is 12.4. The summed E-state index contributed by atoms with van der Waals surface area (Å²) in [4.78, 5) is 13.9. The minimum atomic E-state index is -3.70. The monoisotopic (exact) mass is 314 g/mol. The number of ether oxygens (including phenoxy) is 1. The van der Waals surface area contributed by atoms with Crippen LogP contribution in [0.15, 0.2) is 18.2 Å². The molecule has 1 aliphatic rings. The predicted molar refractivity (Wildman–Crippen MR) is 78.0 cm³/mol. The molecule has 8 nitrogen and oxygen atoms in total. The van der Waals surface area contributed by atoms with E-state index in [0.29, 0.717) is 30.1 Å². The fourth-order valence-corrected chi connectivity index (χ4v) is 2.84. The molecular weight excluding hydrogens is 296 g/mol. The van der Waals surface area contributed by atoms with Crippen molar-refractivity contribution in [2.24, 2.45) is 5.14 Å². The van der Waals surface area contributed by atoms with Crippen molar-refractivity contribution >= 4 is 21.8 Å². The molecule has 0 saturated carbocycles. The Hall–Kier alpha value is -1.84. The molecule has 1 aromatic carbocycles. The van der Waals surface area contributed by atoms with Gasteiger partial charge in [-0.15, -0.1) is 0 Å². The molecule has 1 heterocycles. The van der Waals surface area contributed by atoms with E-state index in [1.54, 1.807) is 23.1 Å². The van der Waals surface area contributed by atoms with Gasteiger partial charge < -0.3 is 15.4 Å². The molecule has 0 unspecified atom stereocenters. The van der Waals surface area contributed by atoms with Gasteiger partial charge in [-0.3, -0.25) is 4.79 Å². The smallest absolute Gasteiger partial charge is 0.277 e. The van der Waals surface area contributed by atoms with Gasteiger partial charge in [-0.2, -0.15) is 12.7 Å². The molecule has 1 aliphatic heterocycles. The fraction of sp³-hybridized carbons (Fsp3) is 0.417. The highest BCUT2D eigenvalue weighted by Crippen LogP contribution is 2.23. The standard InChI is InChI=1S/C12H18N4O4S/c1-20-11-8-9(2-3-10(11)13)12(17)15-4-6-16(7-5-15)21(14,18)19/h2-3,8H,4-7,13H2,1H3,(H2,14,18,19). The van der Waals surface area contributed by atoms with Crippen molar-refractivity contribution in [2.75, 3.05) is 39.0 Å². The first-order valence-electron chi connectivity index (χ1n) is 6.33. The number of nitrogens with zero attached hydrogens (tertiary/aromatic N) is 2. The van der Waals surface area contributed by atoms with Gasteiger partial charge in [0.05, 0.1) is 12.8 Å². The number of benzene rings is 1. The van der Waals surface area contributed by atoms with Crippen molar-refractivity contribution in [3.05, 3.63) is 23.8 Å². The number of nitrogens with two attached hydrogens (primary N) is 2. The summed E-state index contributed by atoms with van der Waals surface area (Å²) in [5.41, 5.74) is 6.61. The molecule has 21 heavy (non-hydrogen) atoms. The largest absolute Gasteiger partial charge is 0.495 e. The number of rotatable bonds is 3. The van der Waals surface area contributed by atoms with E-state index in [1.807, 2.05) is 0 Å². The number of carbonyl (C=O) groups excluding carboxylic acids is 1. The molecule has 0 spiro atoms. The van der Waals surface area contributed by atoms with Gasteiger partial charge in [-0.05, 0) is 18.2 Å². The number of piperazine rings is 1. The van der Waals surface area contributed by atoms with Crippen molar-refractivity contribution < 1.29 is 17.9 Å². The summed E-state index contributed by atoms with van der Waals surface area (Å²) in [5.74, 6) is 0.242. The van der Waals surface area contributed by atoms with Crippen LogP contribution in [0.2, 0.25) is 0 Å². The lowest BCUT2D eigenvalue weighted by Gasteiger charge is -2.33. The van der Waals surface area contributed by atoms with Crippen LogP contribution in [0.5, 0.6) is 5.75 Å². The molecular formula is C12H18N4O4S. The summed E-state index contributed by atoms with van der Waals surface area (Å²) in [6.07, 6.45) is 0. The molecule has 0 bridgehead atoms. The molecule has 1 amide bonds. The van der Waals surface area contributed by atoms with Crippen molar-refractivity contribution in [3.8, 4) is 5.75 Å². The van der Waals surface area contributed by atoms with Gasteiger partial charge in [0.25, 0.3) is 16.1 Å². The van der Waals surface area contributed by atoms with Gasteiger partial charge in [0.15, 0.2) is 0 Å². The molecule has 9 heteroatoms. The van der Waals surface area contributed by atoms with E-state index < -0.39 is 10.2 Å². The summed E-state index contributed by atoms with van der Waals surface area (Å²) in [6.45, 7) is 0.970. The highest BCUT2D eigenvalue weighted by molar-refractivity contribution is 7.86. The van der Waals surface area contributed by atoms with E-state index in [4.69, 9.17) is 15.6 Å². The number of hydrogen-bond donors (Lipinski definition) is 2. The van der Waals surface area contributed by atoms with E-state index in [9.17, 15) is 13.2 Å². The summed E-state index contributed by atoms with van der Waals surface area (Å²) < 4.78 is 28.7. The van der Waals surface area contributed by atoms with Crippen molar-refractivity contribution in [1.82, 2.24) is 9.21 Å². The molecule has 1 fully saturated rings. The number of nitrogen functional groups attached to an aromatic ring is 1. The summed E-state index contributed by atoms with van der Waals surface area (Å²) >= 11 is 0. The Morgan fingerprint density at radius 1 is 1.24 bits per heavy atom. The van der Waals surface area contributed by atoms with Crippen LogP contribution in [0.25, 0.3) is 0 Å². The van der Waals surface area contributed by atoms with Crippen molar-refractivity contribution in [3.63, 3.8) is 0 Å². The topological polar surface area (TPSA) is 119 Å². The van der Waals surface area contributed by atoms with Gasteiger partial charge in [0, 0.05) is 31.7 Å². The predicted octanol–water partition coefficient (Wildman–Crippen LogP) is -0.761. The maximum absolute atomic E-state index is 12.4. The Balaban J connectivity index is 2.09. The zero-order valence-corrected chi connectivity index (χ0v) is 12.5. The molecule has 1 aromatic rings. The molecule has 2 rings (SSSR count). The van der Waals surface area contributed by atoms with Crippen LogP contribution < -0.4 is 15.6 Å². The second-order valence-electron chi connectivity index (χ2n) is 4.69. The SMILES string of the molecule is COc1cc(C(=O)N2CCN(S(N)(=O)=O)CC2)ccc1N. The van der Waals surface area contributed by atoms with Gasteiger partial charge in [0.1, 0.15) is 5.75 Å². The fourth-order valence-electron chi connectivity index (χ4n) is 2.17. The van der Waals surface area contributed by atoms with Gasteiger partial charge in [-0.1, -0.05) is 0 Å². The number of amides is 1. The van der Waals surface area contributed by atoms with Crippen LogP contribution >= 0.6 is 0 Å². The van der Waals surface area contributed by atoms with Crippen LogP contribution in [0, 0.1) is 0 Å². The van der Waals surface area contributed by atoms with Crippen LogP contribution in [-0.4, -0.2) is 56.8 Å². The van der Waals surface area contributed by atoms with Gasteiger partial charge in [0.2, 0.25) is 0 Å². The Labute approximate surface area is 123 Å². The number of anilines is 1. The van der Waals surface area contributed by atoms with E-state index >= 15 is 0 Å². The van der Waals surface area contributed by atoms with Gasteiger partial charge >= 0.3 is 0 Å². The Kier molecular flexibility index (Phi) is 4.35. The average Bonchev–Trinajstić information content (AvgIpc) is 2.46. The molecule has 0 radical (unpaired) electrons. The van der Waals surface area contributed by atoms with E-state index in [1.165, 1.54) is 7.11 Å². The lowest BCUT2D eigenvalue weighted by molar-refractivity contribution is 0.0697. The Bertz CT molecular complexity index is 639. The quantitative estimate of drug-likeness (QED) is 0.711. The second kappa shape index (κ2) is 5.88. The van der Waals surface area contributed by atoms with Crippen molar-refractivity contribution in [1.29, 1.82) is 0 Å². The van der Waals surface area contributed by atoms with Crippen LogP contribution in [0.3, 0.4) is 0 Å². The van der Waals surface area contributed by atoms with Crippen molar-refractivity contribution in [2.45, 2.75) is 0 Å². The lowest BCUT2D eigenvalue weighted by Crippen LogP contribution is -2.52. The molecule has 0 aliphatic carbocycles. The first-order chi connectivity index (χ1) is 9.82. The third-order valence-electron chi connectivity index (χ3n) is 3.37. The van der Waals surface area contributed by atoms with E-state index in [0.717, 1.165) is 4.31 Å². The highest BCUT2D eigenvalue weighted by atomic mass is 32.2. The molecule has 116 valence electrons. The third-order valence-corrected chi connectivity index (χ3v) is 4.45. The van der Waals surface area contributed by atoms with Gasteiger partial charge in [-0.25, -0.2) is 5.14 Å². The summed E-state index contributed by atoms with van der Waals surface area (Å²) in [5, 5.41) is 5.06. The average molecular weight is 314 g/mol. The Morgan fingerprint density at radius 2 is 1.86 bits per heavy atom. The van der Waals surface area contributed by atoms with E-state index in [2.05, 4.69) is 0 Å². The first-order valence-corrected chi connectivity index (χ1v) is 7.84. The first kappa shape index (κ1) is 15.5. The Morgan fingerprint density at radius 3 is 2.38 bits per heavy atom. The molecule has 0 atom stereocenters. The zero-order chi connectivity index (χ0) is 15.6. The minimum Gasteiger partial charge on any atom is -0.495 e. The normalized spacial score (nSPS) is 16.8. The summed E-state index contributed by atoms with van der Waals surface area (Å²) in [7, 11) is -2.22. The summed E-state index contributed by atoms with van der Waals surface area (Å²) in [6, 6.07) is 4.79. The third kappa shape index (κ3) is 3.43. The van der Waals surface area contributed by atoms with Crippen LogP contribution in [-0.2, 0) is 10.2 Å². The second-order valence-corrected chi connectivity index (χ2v) is 6.24. The number of carbonyl (C=O) groups is 1. The zero-order valence-electron chi connectivity index (χ0n) is 11.7. The van der Waals surface area contributed by atoms with E-state index in [-0.39, 0.29) is 19.0 Å². The molecule has 4 N–H and O–H groups in total. The highest BCUT2D eigenvalue weighted by Gasteiger charge is 2.27. The molecule has 1 saturated heterocycles. The lowest BCUT2D eigenvalue weighted by atomic mass is 10.1. The number of hydrogen-bond acceptors (Lipinski definition) is 5. The minimum absolute atomic E-state index is 0.191. The maximum Gasteiger partial charge on any atom is 0.277 e. The number of methoxy groups -OCH3 is 1. The molecule has 0 aromatic heterocycles. The van der Waals surface area contributed by atoms with Crippen LogP contribution in [0.1, 0.15) is 10.4 Å². The van der Waals surface area contributed by atoms with Crippen LogP contribution in [0.4, 0.5) is 5.69 Å².